The van der Waals surface area contributed by atoms with Crippen LogP contribution in [-0.4, -0.2) is 17.0 Å². The number of hydrogen-bond acceptors (Lipinski definition) is 5. The summed E-state index contributed by atoms with van der Waals surface area (Å²) >= 11 is 5.76. The second-order valence-electron chi connectivity index (χ2n) is 3.76. The fourth-order valence-electron chi connectivity index (χ4n) is 1.37. The maximum absolute atomic E-state index is 12.8. The van der Waals surface area contributed by atoms with Gasteiger partial charge >= 0.3 is 11.8 Å². The summed E-state index contributed by atoms with van der Waals surface area (Å²) < 4.78 is 17.5. The van der Waals surface area contributed by atoms with Crippen molar-refractivity contribution in [3.05, 3.63) is 62.6 Å². The highest BCUT2D eigenvalue weighted by Crippen LogP contribution is 2.16. The summed E-state index contributed by atoms with van der Waals surface area (Å²) in [5.41, 5.74) is 2.50. The van der Waals surface area contributed by atoms with Gasteiger partial charge in [0.25, 0.3) is 0 Å². The fraction of sp³-hybridized carbons (Fsp3) is 0. The molecule has 0 atom stereocenters. The van der Waals surface area contributed by atoms with Crippen LogP contribution in [0.5, 0.6) is 0 Å². The van der Waals surface area contributed by atoms with Crippen LogP contribution in [0.2, 0.25) is 5.02 Å². The van der Waals surface area contributed by atoms with Gasteiger partial charge in [0.1, 0.15) is 10.7 Å². The van der Waals surface area contributed by atoms with Crippen molar-refractivity contribution >= 4 is 29.6 Å². The molecule has 1 amide bonds. The molecule has 0 saturated heterocycles. The molecule has 1 aromatic carbocycles. The van der Waals surface area contributed by atoms with Gasteiger partial charge in [0.15, 0.2) is 0 Å². The number of hydrogen-bond donors (Lipinski definition) is 1. The average Bonchev–Trinajstić information content (AvgIpc) is 2.91. The predicted molar refractivity (Wildman–Crippen MR) is 71.8 cm³/mol. The van der Waals surface area contributed by atoms with Gasteiger partial charge in [-0.3, -0.25) is 14.9 Å². The highest BCUT2D eigenvalue weighted by molar-refractivity contribution is 6.33. The fourth-order valence-corrected chi connectivity index (χ4v) is 1.59. The summed E-state index contributed by atoms with van der Waals surface area (Å²) in [5, 5.41) is 14.1. The van der Waals surface area contributed by atoms with Crippen LogP contribution in [0.3, 0.4) is 0 Å². The molecule has 0 unspecified atom stereocenters. The average molecular weight is 312 g/mol. The lowest BCUT2D eigenvalue weighted by Crippen LogP contribution is -2.16. The molecule has 1 aromatic heterocycles. The molecule has 0 radical (unpaired) electrons. The van der Waals surface area contributed by atoms with Gasteiger partial charge in [0, 0.05) is 5.56 Å². The third kappa shape index (κ3) is 3.63. The molecule has 108 valence electrons. The third-order valence-electron chi connectivity index (χ3n) is 2.33. The Kier molecular flexibility index (Phi) is 4.29. The summed E-state index contributed by atoms with van der Waals surface area (Å²) in [4.78, 5) is 21.2. The van der Waals surface area contributed by atoms with Crippen molar-refractivity contribution < 1.29 is 18.5 Å². The summed E-state index contributed by atoms with van der Waals surface area (Å²) in [5.74, 6) is -2.07. The number of carbonyl (C=O) groups is 1. The molecule has 1 N–H and O–H groups in total. The smallest absolute Gasteiger partial charge is 0.395 e. The number of nitro groups is 1. The first kappa shape index (κ1) is 14.7. The lowest BCUT2D eigenvalue weighted by Gasteiger charge is -1.98. The van der Waals surface area contributed by atoms with Gasteiger partial charge in [0.05, 0.1) is 17.3 Å². The van der Waals surface area contributed by atoms with Crippen LogP contribution in [0.4, 0.5) is 10.3 Å². The van der Waals surface area contributed by atoms with Crippen LogP contribution in [0.15, 0.2) is 39.9 Å². The van der Waals surface area contributed by atoms with Crippen LogP contribution in [0.1, 0.15) is 16.1 Å². The minimum Gasteiger partial charge on any atom is -0.395 e. The van der Waals surface area contributed by atoms with Gasteiger partial charge in [-0.1, -0.05) is 11.6 Å². The molecule has 0 aliphatic rings. The number of furan rings is 1. The van der Waals surface area contributed by atoms with E-state index >= 15 is 0 Å². The molecule has 2 rings (SSSR count). The summed E-state index contributed by atoms with van der Waals surface area (Å²) in [6.07, 6.45) is 1.21. The highest BCUT2D eigenvalue weighted by Gasteiger charge is 2.16. The van der Waals surface area contributed by atoms with Crippen LogP contribution in [0.25, 0.3) is 0 Å². The van der Waals surface area contributed by atoms with E-state index in [9.17, 15) is 19.3 Å². The summed E-state index contributed by atoms with van der Waals surface area (Å²) in [7, 11) is 0. The monoisotopic (exact) mass is 311 g/mol. The molecule has 7 nitrogen and oxygen atoms in total. The van der Waals surface area contributed by atoms with E-state index in [4.69, 9.17) is 11.6 Å². The molecule has 2 aromatic rings. The largest absolute Gasteiger partial charge is 0.433 e. The molecule has 0 aliphatic heterocycles. The molecule has 0 spiro atoms. The molecule has 21 heavy (non-hydrogen) atoms. The van der Waals surface area contributed by atoms with Crippen molar-refractivity contribution in [2.24, 2.45) is 5.10 Å². The number of benzene rings is 1. The Labute approximate surface area is 122 Å². The zero-order valence-electron chi connectivity index (χ0n) is 10.2. The molecular formula is C12H7ClFN3O4. The van der Waals surface area contributed by atoms with E-state index in [0.717, 1.165) is 18.2 Å². The number of rotatable bonds is 4. The Bertz CT molecular complexity index is 729. The Balaban J connectivity index is 2.02. The lowest BCUT2D eigenvalue weighted by atomic mass is 10.2. The number of amides is 1. The second-order valence-corrected chi connectivity index (χ2v) is 4.17. The Hall–Kier alpha value is -2.74. The van der Waals surface area contributed by atoms with Crippen LogP contribution in [0, 0.1) is 15.9 Å². The molecule has 9 heteroatoms. The molecule has 0 saturated carbocycles. The maximum atomic E-state index is 12.8. The van der Waals surface area contributed by atoms with E-state index in [2.05, 4.69) is 14.9 Å². The second kappa shape index (κ2) is 6.14. The standard InChI is InChI=1S/C12H7ClFN3O4/c13-9-5-8(14)2-1-7(9)6-15-16-12(18)10-3-4-11(21-10)17(19)20/h1-6H,(H,16,18)/b15-6+. The van der Waals surface area contributed by atoms with Gasteiger partial charge in [-0.15, -0.1) is 0 Å². The van der Waals surface area contributed by atoms with Crippen molar-refractivity contribution in [1.82, 2.24) is 5.43 Å². The highest BCUT2D eigenvalue weighted by atomic mass is 35.5. The van der Waals surface area contributed by atoms with Crippen molar-refractivity contribution in [2.45, 2.75) is 0 Å². The quantitative estimate of drug-likeness (QED) is 0.533. The zero-order valence-corrected chi connectivity index (χ0v) is 11.0. The van der Waals surface area contributed by atoms with Crippen molar-refractivity contribution in [2.75, 3.05) is 0 Å². The maximum Gasteiger partial charge on any atom is 0.433 e. The van der Waals surface area contributed by atoms with Crippen LogP contribution < -0.4 is 5.43 Å². The molecule has 0 fully saturated rings. The molecule has 1 heterocycles. The first-order valence-electron chi connectivity index (χ1n) is 5.50. The topological polar surface area (TPSA) is 97.7 Å². The number of nitrogens with zero attached hydrogens (tertiary/aromatic N) is 2. The van der Waals surface area contributed by atoms with Crippen molar-refractivity contribution in [1.29, 1.82) is 0 Å². The Morgan fingerprint density at radius 1 is 1.43 bits per heavy atom. The molecule has 0 aliphatic carbocycles. The summed E-state index contributed by atoms with van der Waals surface area (Å²) in [6.45, 7) is 0. The van der Waals surface area contributed by atoms with Crippen molar-refractivity contribution in [3.8, 4) is 0 Å². The first-order valence-corrected chi connectivity index (χ1v) is 5.88. The molecular weight excluding hydrogens is 305 g/mol. The zero-order chi connectivity index (χ0) is 15.4. The minimum absolute atomic E-state index is 0.127. The van der Waals surface area contributed by atoms with E-state index in [1.807, 2.05) is 0 Å². The SMILES string of the molecule is O=C(N/N=C/c1ccc(F)cc1Cl)c1ccc([N+](=O)[O-])o1. The van der Waals surface area contributed by atoms with Gasteiger partial charge < -0.3 is 4.42 Å². The van der Waals surface area contributed by atoms with E-state index in [1.54, 1.807) is 0 Å². The molecule has 0 bridgehead atoms. The third-order valence-corrected chi connectivity index (χ3v) is 2.66. The van der Waals surface area contributed by atoms with Crippen LogP contribution in [-0.2, 0) is 0 Å². The van der Waals surface area contributed by atoms with E-state index in [0.29, 0.717) is 5.56 Å². The van der Waals surface area contributed by atoms with Crippen molar-refractivity contribution in [3.63, 3.8) is 0 Å². The van der Waals surface area contributed by atoms with E-state index in [-0.39, 0.29) is 10.8 Å². The lowest BCUT2D eigenvalue weighted by molar-refractivity contribution is -0.402. The summed E-state index contributed by atoms with van der Waals surface area (Å²) in [6, 6.07) is 5.86. The number of nitrogens with one attached hydrogen (secondary N) is 1. The minimum atomic E-state index is -0.766. The predicted octanol–water partition coefficient (Wildman–Crippen LogP) is 2.74. The van der Waals surface area contributed by atoms with E-state index in [1.165, 1.54) is 18.3 Å². The van der Waals surface area contributed by atoms with Gasteiger partial charge in [-0.25, -0.2) is 9.82 Å². The normalized spacial score (nSPS) is 10.8. The van der Waals surface area contributed by atoms with E-state index < -0.39 is 22.5 Å². The Morgan fingerprint density at radius 3 is 2.81 bits per heavy atom. The van der Waals surface area contributed by atoms with Gasteiger partial charge in [-0.05, 0) is 24.3 Å². The first-order chi connectivity index (χ1) is 9.97. The van der Waals surface area contributed by atoms with Crippen LogP contribution >= 0.6 is 11.6 Å². The van der Waals surface area contributed by atoms with Gasteiger partial charge in [-0.2, -0.15) is 5.10 Å². The number of carbonyl (C=O) groups excluding carboxylic acids is 1. The van der Waals surface area contributed by atoms with Gasteiger partial charge in [0.2, 0.25) is 5.76 Å². The Morgan fingerprint density at radius 2 is 2.19 bits per heavy atom. The number of halogens is 2. The number of hydrazone groups is 1.